The van der Waals surface area contributed by atoms with Crippen LogP contribution in [0.2, 0.25) is 0 Å². The Bertz CT molecular complexity index is 300. The van der Waals surface area contributed by atoms with E-state index in [4.69, 9.17) is 4.74 Å². The van der Waals surface area contributed by atoms with Gasteiger partial charge in [0.2, 0.25) is 0 Å². The molecule has 0 bridgehead atoms. The Hall–Kier alpha value is -0.0800. The van der Waals surface area contributed by atoms with E-state index in [1.807, 2.05) is 7.05 Å². The number of piperidine rings is 1. The topological polar surface area (TPSA) is 48.9 Å². The average Bonchev–Trinajstić information content (AvgIpc) is 2.98. The minimum atomic E-state index is 0. The Labute approximate surface area is 146 Å². The van der Waals surface area contributed by atoms with Gasteiger partial charge in [-0.3, -0.25) is 4.99 Å². The minimum absolute atomic E-state index is 0. The van der Waals surface area contributed by atoms with E-state index >= 15 is 0 Å². The van der Waals surface area contributed by atoms with Gasteiger partial charge in [0.05, 0.1) is 6.10 Å². The van der Waals surface area contributed by atoms with Crippen molar-refractivity contribution in [3.8, 4) is 0 Å². The highest BCUT2D eigenvalue weighted by Crippen LogP contribution is 2.15. The van der Waals surface area contributed by atoms with E-state index in [2.05, 4.69) is 27.4 Å². The number of halogens is 1. The summed E-state index contributed by atoms with van der Waals surface area (Å²) in [5.41, 5.74) is 0. The number of guanidine groups is 1. The number of rotatable bonds is 5. The van der Waals surface area contributed by atoms with Crippen LogP contribution in [0.1, 0.15) is 32.6 Å². The maximum Gasteiger partial charge on any atom is 0.191 e. The van der Waals surface area contributed by atoms with Crippen LogP contribution in [0, 0.1) is 5.92 Å². The van der Waals surface area contributed by atoms with Gasteiger partial charge in [0.1, 0.15) is 0 Å². The number of nitrogens with zero attached hydrogens (tertiary/aromatic N) is 2. The molecule has 2 heterocycles. The standard InChI is InChI=1S/C15H30N4O.HI/c1-13-5-8-19(9-6-13)10-7-17-15(16-2)18-12-14-4-3-11-20-14;/h13-14H,3-12H2,1-2H3,(H2,16,17,18);1H. The quantitative estimate of drug-likeness (QED) is 0.412. The summed E-state index contributed by atoms with van der Waals surface area (Å²) in [5, 5.41) is 6.75. The van der Waals surface area contributed by atoms with Crippen LogP contribution >= 0.6 is 24.0 Å². The van der Waals surface area contributed by atoms with E-state index < -0.39 is 0 Å². The summed E-state index contributed by atoms with van der Waals surface area (Å²) in [6.45, 7) is 8.67. The molecule has 0 aromatic heterocycles. The van der Waals surface area contributed by atoms with Gasteiger partial charge in [-0.1, -0.05) is 6.92 Å². The average molecular weight is 410 g/mol. The zero-order valence-corrected chi connectivity index (χ0v) is 15.8. The van der Waals surface area contributed by atoms with Crippen LogP contribution in [0.5, 0.6) is 0 Å². The molecule has 124 valence electrons. The second-order valence-electron chi connectivity index (χ2n) is 6.04. The Morgan fingerprint density at radius 1 is 1.24 bits per heavy atom. The largest absolute Gasteiger partial charge is 0.376 e. The predicted octanol–water partition coefficient (Wildman–Crippen LogP) is 1.68. The maximum absolute atomic E-state index is 5.60. The van der Waals surface area contributed by atoms with Crippen LogP contribution in [0.15, 0.2) is 4.99 Å². The van der Waals surface area contributed by atoms with Gasteiger partial charge < -0.3 is 20.3 Å². The molecule has 5 nitrogen and oxygen atoms in total. The first-order chi connectivity index (χ1) is 9.78. The van der Waals surface area contributed by atoms with Gasteiger partial charge >= 0.3 is 0 Å². The molecule has 2 rings (SSSR count). The van der Waals surface area contributed by atoms with Crippen molar-refractivity contribution in [1.29, 1.82) is 0 Å². The Morgan fingerprint density at radius 3 is 2.62 bits per heavy atom. The molecule has 1 atom stereocenters. The van der Waals surface area contributed by atoms with Crippen LogP contribution in [-0.4, -0.2) is 63.3 Å². The molecule has 1 unspecified atom stereocenters. The van der Waals surface area contributed by atoms with Crippen LogP contribution in [0.3, 0.4) is 0 Å². The molecular formula is C15H31IN4O. The van der Waals surface area contributed by atoms with Gasteiger partial charge in [-0.25, -0.2) is 0 Å². The smallest absolute Gasteiger partial charge is 0.191 e. The Balaban J connectivity index is 0.00000220. The zero-order chi connectivity index (χ0) is 14.2. The van der Waals surface area contributed by atoms with Crippen molar-refractivity contribution in [2.45, 2.75) is 38.7 Å². The summed E-state index contributed by atoms with van der Waals surface area (Å²) >= 11 is 0. The third-order valence-electron chi connectivity index (χ3n) is 4.34. The second-order valence-corrected chi connectivity index (χ2v) is 6.04. The number of likely N-dealkylation sites (tertiary alicyclic amines) is 1. The van der Waals surface area contributed by atoms with Crippen molar-refractivity contribution in [3.63, 3.8) is 0 Å². The molecule has 0 amide bonds. The molecule has 2 aliphatic heterocycles. The molecule has 2 aliphatic rings. The molecule has 0 aliphatic carbocycles. The summed E-state index contributed by atoms with van der Waals surface area (Å²) in [4.78, 5) is 6.81. The predicted molar refractivity (Wildman–Crippen MR) is 98.6 cm³/mol. The summed E-state index contributed by atoms with van der Waals surface area (Å²) in [6.07, 6.45) is 5.39. The zero-order valence-electron chi connectivity index (χ0n) is 13.4. The van der Waals surface area contributed by atoms with Gasteiger partial charge in [0, 0.05) is 33.3 Å². The minimum Gasteiger partial charge on any atom is -0.376 e. The van der Waals surface area contributed by atoms with Crippen molar-refractivity contribution < 1.29 is 4.74 Å². The molecule has 6 heteroatoms. The summed E-state index contributed by atoms with van der Waals surface area (Å²) < 4.78 is 5.60. The lowest BCUT2D eigenvalue weighted by Crippen LogP contribution is -2.45. The molecule has 0 aromatic carbocycles. The van der Waals surface area contributed by atoms with Gasteiger partial charge in [-0.15, -0.1) is 24.0 Å². The van der Waals surface area contributed by atoms with Gasteiger partial charge in [0.15, 0.2) is 5.96 Å². The Kier molecular flexibility index (Phi) is 9.59. The highest BCUT2D eigenvalue weighted by molar-refractivity contribution is 14.0. The molecule has 2 N–H and O–H groups in total. The molecule has 0 radical (unpaired) electrons. The van der Waals surface area contributed by atoms with E-state index in [-0.39, 0.29) is 24.0 Å². The Morgan fingerprint density at radius 2 is 2.00 bits per heavy atom. The number of ether oxygens (including phenoxy) is 1. The number of hydrogen-bond donors (Lipinski definition) is 2. The van der Waals surface area contributed by atoms with Crippen molar-refractivity contribution in [1.82, 2.24) is 15.5 Å². The number of aliphatic imine (C=N–C) groups is 1. The SMILES string of the molecule is CN=C(NCCN1CCC(C)CC1)NCC1CCCO1.I. The first kappa shape index (κ1) is 19.0. The first-order valence-electron chi connectivity index (χ1n) is 8.06. The summed E-state index contributed by atoms with van der Waals surface area (Å²) in [5.74, 6) is 1.80. The highest BCUT2D eigenvalue weighted by Gasteiger charge is 2.16. The van der Waals surface area contributed by atoms with Crippen LogP contribution in [0.4, 0.5) is 0 Å². The highest BCUT2D eigenvalue weighted by atomic mass is 127. The molecule has 2 saturated heterocycles. The van der Waals surface area contributed by atoms with E-state index in [1.54, 1.807) is 0 Å². The molecule has 21 heavy (non-hydrogen) atoms. The van der Waals surface area contributed by atoms with E-state index in [1.165, 1.54) is 32.4 Å². The van der Waals surface area contributed by atoms with Crippen LogP contribution in [-0.2, 0) is 4.74 Å². The van der Waals surface area contributed by atoms with Crippen molar-refractivity contribution in [2.24, 2.45) is 10.9 Å². The van der Waals surface area contributed by atoms with Gasteiger partial charge in [-0.05, 0) is 44.7 Å². The lowest BCUT2D eigenvalue weighted by Gasteiger charge is -2.30. The fourth-order valence-corrected chi connectivity index (χ4v) is 2.85. The normalized spacial score (nSPS) is 24.7. The van der Waals surface area contributed by atoms with Gasteiger partial charge in [-0.2, -0.15) is 0 Å². The van der Waals surface area contributed by atoms with Gasteiger partial charge in [0.25, 0.3) is 0 Å². The molecule has 0 spiro atoms. The number of hydrogen-bond acceptors (Lipinski definition) is 3. The van der Waals surface area contributed by atoms with Crippen LogP contribution in [0.25, 0.3) is 0 Å². The van der Waals surface area contributed by atoms with Crippen molar-refractivity contribution in [3.05, 3.63) is 0 Å². The van der Waals surface area contributed by atoms with Crippen molar-refractivity contribution >= 4 is 29.9 Å². The lowest BCUT2D eigenvalue weighted by atomic mass is 9.99. The van der Waals surface area contributed by atoms with E-state index in [9.17, 15) is 0 Å². The van der Waals surface area contributed by atoms with E-state index in [0.29, 0.717) is 6.10 Å². The lowest BCUT2D eigenvalue weighted by molar-refractivity contribution is 0.113. The fraction of sp³-hybridized carbons (Fsp3) is 0.933. The fourth-order valence-electron chi connectivity index (χ4n) is 2.85. The van der Waals surface area contributed by atoms with Crippen LogP contribution < -0.4 is 10.6 Å². The summed E-state index contributed by atoms with van der Waals surface area (Å²) in [7, 11) is 1.83. The molecule has 2 fully saturated rings. The molecule has 0 saturated carbocycles. The van der Waals surface area contributed by atoms with Crippen molar-refractivity contribution in [2.75, 3.05) is 46.4 Å². The monoisotopic (exact) mass is 410 g/mol. The molecular weight excluding hydrogens is 379 g/mol. The maximum atomic E-state index is 5.60. The molecule has 0 aromatic rings. The first-order valence-corrected chi connectivity index (χ1v) is 8.06. The number of nitrogens with one attached hydrogen (secondary N) is 2. The van der Waals surface area contributed by atoms with E-state index in [0.717, 1.165) is 44.5 Å². The third kappa shape index (κ3) is 7.15. The summed E-state index contributed by atoms with van der Waals surface area (Å²) in [6, 6.07) is 0. The third-order valence-corrected chi connectivity index (χ3v) is 4.34. The second kappa shape index (κ2) is 10.6.